The predicted octanol–water partition coefficient (Wildman–Crippen LogP) is 2.63. The Morgan fingerprint density at radius 1 is 1.14 bits per heavy atom. The Hall–Kier alpha value is -3.76. The van der Waals surface area contributed by atoms with E-state index in [0.717, 1.165) is 30.0 Å². The number of ketones is 1. The second-order valence-electron chi connectivity index (χ2n) is 8.85. The summed E-state index contributed by atoms with van der Waals surface area (Å²) in [6.45, 7) is 3.81. The van der Waals surface area contributed by atoms with Crippen LogP contribution in [0.1, 0.15) is 35.7 Å². The van der Waals surface area contributed by atoms with Gasteiger partial charge in [0.05, 0.1) is 25.5 Å². The fraction of sp³-hybridized carbons (Fsp3) is 0.360. The summed E-state index contributed by atoms with van der Waals surface area (Å²) < 4.78 is 5.46. The van der Waals surface area contributed by atoms with Gasteiger partial charge >= 0.3 is 0 Å². The van der Waals surface area contributed by atoms with E-state index in [9.17, 15) is 4.79 Å². The largest absolute Gasteiger partial charge is 0.398 e. The first-order valence-corrected chi connectivity index (χ1v) is 11.9. The lowest BCUT2D eigenvalue weighted by Crippen LogP contribution is -2.36. The van der Waals surface area contributed by atoms with Gasteiger partial charge in [-0.05, 0) is 18.4 Å². The summed E-state index contributed by atoms with van der Waals surface area (Å²) in [5.74, 6) is 2.12. The third kappa shape index (κ3) is 6.43. The molecule has 3 heterocycles. The van der Waals surface area contributed by atoms with Crippen molar-refractivity contribution < 1.29 is 9.53 Å². The van der Waals surface area contributed by atoms with E-state index in [0.29, 0.717) is 49.0 Å². The number of carbonyl (C=O) groups is 1. The number of hydrogen-bond donors (Lipinski definition) is 4. The highest BCUT2D eigenvalue weighted by molar-refractivity contribution is 5.98. The van der Waals surface area contributed by atoms with Gasteiger partial charge in [-0.25, -0.2) is 4.98 Å². The van der Waals surface area contributed by atoms with Crippen molar-refractivity contribution in [2.45, 2.75) is 25.3 Å². The van der Waals surface area contributed by atoms with Crippen molar-refractivity contribution in [3.63, 3.8) is 0 Å². The number of carbonyl (C=O) groups excluding carboxylic acids is 1. The SMILES string of the molecule is NC(=CC(=O)CNc1nc(CN2CCOCC2)cc(Nc2cc(C3CC3)[nH]n2)n1)c1ccccc1. The summed E-state index contributed by atoms with van der Waals surface area (Å²) in [7, 11) is 0. The highest BCUT2D eigenvalue weighted by Gasteiger charge is 2.25. The molecule has 1 aliphatic carbocycles. The molecule has 0 atom stereocenters. The molecule has 1 aromatic carbocycles. The Bertz CT molecular complexity index is 1180. The average molecular weight is 475 g/mol. The molecule has 10 nitrogen and oxygen atoms in total. The zero-order valence-corrected chi connectivity index (χ0v) is 19.5. The molecule has 2 aliphatic rings. The van der Waals surface area contributed by atoms with Gasteiger partial charge in [0, 0.05) is 55.2 Å². The smallest absolute Gasteiger partial charge is 0.225 e. The molecule has 0 unspecified atom stereocenters. The van der Waals surface area contributed by atoms with Crippen LogP contribution >= 0.6 is 0 Å². The second kappa shape index (κ2) is 10.7. The highest BCUT2D eigenvalue weighted by Crippen LogP contribution is 2.39. The molecule has 35 heavy (non-hydrogen) atoms. The van der Waals surface area contributed by atoms with Crippen molar-refractivity contribution in [1.29, 1.82) is 0 Å². The molecular formula is C25H30N8O2. The Morgan fingerprint density at radius 2 is 1.94 bits per heavy atom. The van der Waals surface area contributed by atoms with Gasteiger partial charge in [0.25, 0.3) is 0 Å². The number of nitrogens with zero attached hydrogens (tertiary/aromatic N) is 4. The molecule has 3 aromatic rings. The monoisotopic (exact) mass is 474 g/mol. The number of anilines is 3. The Labute approximate surface area is 204 Å². The van der Waals surface area contributed by atoms with Gasteiger partial charge in [0.2, 0.25) is 5.95 Å². The summed E-state index contributed by atoms with van der Waals surface area (Å²) in [6.07, 6.45) is 3.83. The summed E-state index contributed by atoms with van der Waals surface area (Å²) in [5.41, 5.74) is 9.29. The van der Waals surface area contributed by atoms with E-state index in [1.54, 1.807) is 0 Å². The molecule has 2 aromatic heterocycles. The Balaban J connectivity index is 1.29. The van der Waals surface area contributed by atoms with Crippen LogP contribution < -0.4 is 16.4 Å². The lowest BCUT2D eigenvalue weighted by Gasteiger charge is -2.26. The fourth-order valence-electron chi connectivity index (χ4n) is 3.95. The minimum atomic E-state index is -0.163. The van der Waals surface area contributed by atoms with Crippen molar-refractivity contribution in [2.75, 3.05) is 43.5 Å². The van der Waals surface area contributed by atoms with Gasteiger partial charge in [-0.3, -0.25) is 14.8 Å². The third-order valence-electron chi connectivity index (χ3n) is 5.98. The summed E-state index contributed by atoms with van der Waals surface area (Å²) >= 11 is 0. The maximum Gasteiger partial charge on any atom is 0.225 e. The van der Waals surface area contributed by atoms with Crippen LogP contribution in [-0.2, 0) is 16.1 Å². The summed E-state index contributed by atoms with van der Waals surface area (Å²) in [5, 5.41) is 13.8. The average Bonchev–Trinajstić information content (AvgIpc) is 3.62. The van der Waals surface area contributed by atoms with Crippen LogP contribution in [0.4, 0.5) is 17.6 Å². The fourth-order valence-corrected chi connectivity index (χ4v) is 3.95. The van der Waals surface area contributed by atoms with E-state index in [1.807, 2.05) is 42.5 Å². The van der Waals surface area contributed by atoms with E-state index >= 15 is 0 Å². The quantitative estimate of drug-likeness (QED) is 0.327. The molecule has 1 saturated heterocycles. The van der Waals surface area contributed by atoms with Crippen LogP contribution in [0.2, 0.25) is 0 Å². The van der Waals surface area contributed by atoms with Crippen LogP contribution in [0.3, 0.4) is 0 Å². The number of hydrogen-bond acceptors (Lipinski definition) is 9. The molecule has 0 amide bonds. The minimum absolute atomic E-state index is 0.0300. The van der Waals surface area contributed by atoms with Crippen LogP contribution in [0.25, 0.3) is 5.70 Å². The molecular weight excluding hydrogens is 444 g/mol. The Kier molecular flexibility index (Phi) is 7.01. The molecule has 5 rings (SSSR count). The van der Waals surface area contributed by atoms with Gasteiger partial charge in [0.15, 0.2) is 11.6 Å². The molecule has 5 N–H and O–H groups in total. The standard InChI is InChI=1S/C25H30N8O2/c26-21(17-4-2-1-3-5-17)13-20(34)15-27-25-28-19(16-33-8-10-35-11-9-33)12-23(30-25)29-24-14-22(31-32-24)18-6-7-18/h1-5,12-14,18H,6-11,15-16,26H2,(H3,27,28,29,30,31,32). The lowest BCUT2D eigenvalue weighted by atomic mass is 10.1. The molecule has 0 radical (unpaired) electrons. The van der Waals surface area contributed by atoms with Crippen LogP contribution in [0.5, 0.6) is 0 Å². The number of rotatable bonds is 10. The normalized spacial score (nSPS) is 16.7. The van der Waals surface area contributed by atoms with Crippen LogP contribution in [0.15, 0.2) is 48.5 Å². The van der Waals surface area contributed by atoms with Gasteiger partial charge in [0.1, 0.15) is 5.82 Å². The van der Waals surface area contributed by atoms with Gasteiger partial charge < -0.3 is 21.1 Å². The molecule has 0 spiro atoms. The van der Waals surface area contributed by atoms with Crippen molar-refractivity contribution in [2.24, 2.45) is 5.73 Å². The molecule has 182 valence electrons. The zero-order chi connectivity index (χ0) is 24.0. The summed E-state index contributed by atoms with van der Waals surface area (Å²) in [4.78, 5) is 24.0. The van der Waals surface area contributed by atoms with E-state index < -0.39 is 0 Å². The maximum atomic E-state index is 12.5. The van der Waals surface area contributed by atoms with Gasteiger partial charge in [-0.15, -0.1) is 0 Å². The van der Waals surface area contributed by atoms with E-state index in [2.05, 4.69) is 35.7 Å². The van der Waals surface area contributed by atoms with Gasteiger partial charge in [-0.2, -0.15) is 10.1 Å². The number of morpholine rings is 1. The molecule has 0 bridgehead atoms. The number of nitrogens with two attached hydrogens (primary N) is 1. The van der Waals surface area contributed by atoms with Crippen molar-refractivity contribution in [3.8, 4) is 0 Å². The first kappa shape index (κ1) is 23.0. The third-order valence-corrected chi connectivity index (χ3v) is 5.98. The van der Waals surface area contributed by atoms with E-state index in [-0.39, 0.29) is 12.3 Å². The molecule has 1 saturated carbocycles. The number of ether oxygens (including phenoxy) is 1. The first-order chi connectivity index (χ1) is 17.1. The number of aromatic nitrogens is 4. The number of aromatic amines is 1. The van der Waals surface area contributed by atoms with Gasteiger partial charge in [-0.1, -0.05) is 30.3 Å². The van der Waals surface area contributed by atoms with E-state index in [1.165, 1.54) is 18.9 Å². The summed E-state index contributed by atoms with van der Waals surface area (Å²) in [6, 6.07) is 13.3. The van der Waals surface area contributed by atoms with Crippen molar-refractivity contribution >= 4 is 29.1 Å². The molecule has 1 aliphatic heterocycles. The Morgan fingerprint density at radius 3 is 2.71 bits per heavy atom. The maximum absolute atomic E-state index is 12.5. The number of H-pyrrole nitrogens is 1. The predicted molar refractivity (Wildman–Crippen MR) is 134 cm³/mol. The highest BCUT2D eigenvalue weighted by atomic mass is 16.5. The minimum Gasteiger partial charge on any atom is -0.398 e. The number of nitrogens with one attached hydrogen (secondary N) is 3. The lowest BCUT2D eigenvalue weighted by molar-refractivity contribution is -0.113. The number of benzene rings is 1. The van der Waals surface area contributed by atoms with E-state index in [4.69, 9.17) is 10.5 Å². The topological polar surface area (TPSA) is 134 Å². The van der Waals surface area contributed by atoms with Crippen molar-refractivity contribution in [1.82, 2.24) is 25.1 Å². The first-order valence-electron chi connectivity index (χ1n) is 11.9. The zero-order valence-electron chi connectivity index (χ0n) is 19.5. The van der Waals surface area contributed by atoms with Crippen molar-refractivity contribution in [3.05, 3.63) is 65.5 Å². The second-order valence-corrected chi connectivity index (χ2v) is 8.85. The van der Waals surface area contributed by atoms with Crippen LogP contribution in [0, 0.1) is 0 Å². The van der Waals surface area contributed by atoms with Crippen LogP contribution in [-0.4, -0.2) is 63.7 Å². The molecule has 2 fully saturated rings. The molecule has 10 heteroatoms.